The molecule has 1 saturated heterocycles. The first-order valence-electron chi connectivity index (χ1n) is 10.7. The van der Waals surface area contributed by atoms with Crippen molar-refractivity contribution in [3.8, 4) is 11.3 Å². The summed E-state index contributed by atoms with van der Waals surface area (Å²) < 4.78 is 10.8. The van der Waals surface area contributed by atoms with Crippen LogP contribution in [0, 0.1) is 5.92 Å². The number of fused-ring (bicyclic) bond motifs is 1. The fourth-order valence-electron chi connectivity index (χ4n) is 4.60. The summed E-state index contributed by atoms with van der Waals surface area (Å²) >= 11 is 0. The lowest BCUT2D eigenvalue weighted by atomic mass is 9.84. The number of benzene rings is 1. The lowest BCUT2D eigenvalue weighted by Gasteiger charge is -2.38. The van der Waals surface area contributed by atoms with Gasteiger partial charge in [-0.3, -0.25) is 9.69 Å². The van der Waals surface area contributed by atoms with Gasteiger partial charge in [-0.05, 0) is 43.2 Å². The Bertz CT molecular complexity index is 1010. The van der Waals surface area contributed by atoms with Gasteiger partial charge in [0, 0.05) is 42.2 Å². The SMILES string of the molecule is O=C(Nc1cc2cc(-c3cnco3)ccc2cn1)C1CCC(N2CCOCC2)CC1. The predicted molar refractivity (Wildman–Crippen MR) is 114 cm³/mol. The molecule has 0 spiro atoms. The lowest BCUT2D eigenvalue weighted by molar-refractivity contribution is -0.121. The van der Waals surface area contributed by atoms with Crippen molar-refractivity contribution < 1.29 is 13.9 Å². The third kappa shape index (κ3) is 4.08. The van der Waals surface area contributed by atoms with Crippen LogP contribution in [0.15, 0.2) is 47.5 Å². The molecular weight excluding hydrogens is 380 g/mol. The van der Waals surface area contributed by atoms with Gasteiger partial charge in [-0.25, -0.2) is 9.97 Å². The molecule has 1 saturated carbocycles. The van der Waals surface area contributed by atoms with E-state index in [4.69, 9.17) is 9.15 Å². The van der Waals surface area contributed by atoms with E-state index in [-0.39, 0.29) is 11.8 Å². The van der Waals surface area contributed by atoms with Crippen LogP contribution in [-0.4, -0.2) is 53.1 Å². The Morgan fingerprint density at radius 1 is 1.03 bits per heavy atom. The van der Waals surface area contributed by atoms with Crippen LogP contribution in [0.3, 0.4) is 0 Å². The molecule has 3 aromatic rings. The Labute approximate surface area is 175 Å². The number of ether oxygens (including phenoxy) is 1. The van der Waals surface area contributed by atoms with Gasteiger partial charge in [-0.2, -0.15) is 0 Å². The number of nitrogens with one attached hydrogen (secondary N) is 1. The van der Waals surface area contributed by atoms with E-state index < -0.39 is 0 Å². The largest absolute Gasteiger partial charge is 0.444 e. The number of pyridine rings is 1. The minimum absolute atomic E-state index is 0.0558. The molecule has 2 fully saturated rings. The normalized spacial score (nSPS) is 22.8. The van der Waals surface area contributed by atoms with Crippen LogP contribution >= 0.6 is 0 Å². The van der Waals surface area contributed by atoms with E-state index in [1.54, 1.807) is 12.4 Å². The Balaban J connectivity index is 1.23. The summed E-state index contributed by atoms with van der Waals surface area (Å²) in [6.07, 6.45) is 8.91. The highest BCUT2D eigenvalue weighted by Gasteiger charge is 2.30. The number of anilines is 1. The minimum Gasteiger partial charge on any atom is -0.444 e. The second kappa shape index (κ2) is 8.53. The highest BCUT2D eigenvalue weighted by Crippen LogP contribution is 2.30. The second-order valence-corrected chi connectivity index (χ2v) is 8.14. The van der Waals surface area contributed by atoms with E-state index in [1.807, 2.05) is 24.3 Å². The number of nitrogens with zero attached hydrogens (tertiary/aromatic N) is 3. The third-order valence-corrected chi connectivity index (χ3v) is 6.32. The molecule has 2 aliphatic rings. The highest BCUT2D eigenvalue weighted by molar-refractivity contribution is 5.94. The smallest absolute Gasteiger partial charge is 0.228 e. The predicted octanol–water partition coefficient (Wildman–Crippen LogP) is 3.72. The molecule has 0 atom stereocenters. The first kappa shape index (κ1) is 19.2. The highest BCUT2D eigenvalue weighted by atomic mass is 16.5. The van der Waals surface area contributed by atoms with Gasteiger partial charge in [0.2, 0.25) is 5.91 Å². The number of rotatable bonds is 4. The maximum atomic E-state index is 12.8. The summed E-state index contributed by atoms with van der Waals surface area (Å²) in [5, 5.41) is 5.05. The molecule has 30 heavy (non-hydrogen) atoms. The molecule has 2 aromatic heterocycles. The molecule has 3 heterocycles. The minimum atomic E-state index is 0.0558. The average molecular weight is 406 g/mol. The van der Waals surface area contributed by atoms with Gasteiger partial charge in [0.15, 0.2) is 12.2 Å². The lowest BCUT2D eigenvalue weighted by Crippen LogP contribution is -2.45. The van der Waals surface area contributed by atoms with Gasteiger partial charge in [-0.15, -0.1) is 0 Å². The summed E-state index contributed by atoms with van der Waals surface area (Å²) in [6, 6.07) is 8.52. The van der Waals surface area contributed by atoms with Gasteiger partial charge in [0.25, 0.3) is 0 Å². The Kier molecular flexibility index (Phi) is 5.46. The van der Waals surface area contributed by atoms with Crippen molar-refractivity contribution in [2.24, 2.45) is 5.92 Å². The number of hydrogen-bond acceptors (Lipinski definition) is 6. The van der Waals surface area contributed by atoms with Crippen LogP contribution in [0.25, 0.3) is 22.1 Å². The van der Waals surface area contributed by atoms with Crippen molar-refractivity contribution in [3.05, 3.63) is 43.1 Å². The zero-order chi connectivity index (χ0) is 20.3. The molecule has 1 N–H and O–H groups in total. The van der Waals surface area contributed by atoms with Gasteiger partial charge in [0.05, 0.1) is 19.4 Å². The monoisotopic (exact) mass is 406 g/mol. The molecule has 156 valence electrons. The van der Waals surface area contributed by atoms with Crippen LogP contribution in [0.5, 0.6) is 0 Å². The molecule has 7 heteroatoms. The van der Waals surface area contributed by atoms with E-state index in [9.17, 15) is 4.79 Å². The number of amides is 1. The van der Waals surface area contributed by atoms with Crippen molar-refractivity contribution in [3.63, 3.8) is 0 Å². The first-order chi connectivity index (χ1) is 14.8. The van der Waals surface area contributed by atoms with Crippen LogP contribution in [0.2, 0.25) is 0 Å². The van der Waals surface area contributed by atoms with Crippen molar-refractivity contribution in [2.75, 3.05) is 31.6 Å². The molecule has 1 amide bonds. The third-order valence-electron chi connectivity index (χ3n) is 6.32. The molecule has 0 bridgehead atoms. The standard InChI is InChI=1S/C23H26N4O3/c28-23(16-3-5-20(6-4-16)27-7-9-29-10-8-27)26-22-12-19-11-17(21-14-24-15-30-21)1-2-18(19)13-25-22/h1-2,11-16,20H,3-10H2,(H,25,26,28). The molecule has 1 aromatic carbocycles. The molecule has 1 aliphatic heterocycles. The number of carbonyl (C=O) groups excluding carboxylic acids is 1. The van der Waals surface area contributed by atoms with Crippen LogP contribution in [0.1, 0.15) is 25.7 Å². The zero-order valence-corrected chi connectivity index (χ0v) is 16.9. The second-order valence-electron chi connectivity index (χ2n) is 8.14. The Morgan fingerprint density at radius 2 is 1.87 bits per heavy atom. The van der Waals surface area contributed by atoms with E-state index in [0.29, 0.717) is 11.9 Å². The molecular formula is C23H26N4O3. The van der Waals surface area contributed by atoms with Gasteiger partial charge in [-0.1, -0.05) is 12.1 Å². The summed E-state index contributed by atoms with van der Waals surface area (Å²) in [5.41, 5.74) is 0.949. The maximum absolute atomic E-state index is 12.8. The van der Waals surface area contributed by atoms with Crippen LogP contribution in [-0.2, 0) is 9.53 Å². The molecule has 5 rings (SSSR count). The Hall–Kier alpha value is -2.77. The van der Waals surface area contributed by atoms with E-state index in [0.717, 1.165) is 74.1 Å². The van der Waals surface area contributed by atoms with E-state index in [2.05, 4.69) is 20.2 Å². The van der Waals surface area contributed by atoms with Gasteiger partial charge in [0.1, 0.15) is 5.82 Å². The number of oxazole rings is 1. The summed E-state index contributed by atoms with van der Waals surface area (Å²) in [7, 11) is 0. The zero-order valence-electron chi connectivity index (χ0n) is 16.9. The van der Waals surface area contributed by atoms with E-state index in [1.165, 1.54) is 6.39 Å². The number of aromatic nitrogens is 2. The first-order valence-corrected chi connectivity index (χ1v) is 10.7. The Morgan fingerprint density at radius 3 is 2.63 bits per heavy atom. The number of carbonyl (C=O) groups is 1. The molecule has 0 radical (unpaired) electrons. The average Bonchev–Trinajstić information content (AvgIpc) is 3.34. The van der Waals surface area contributed by atoms with Crippen molar-refractivity contribution in [1.29, 1.82) is 0 Å². The topological polar surface area (TPSA) is 80.5 Å². The number of morpholine rings is 1. The maximum Gasteiger partial charge on any atom is 0.228 e. The fourth-order valence-corrected chi connectivity index (χ4v) is 4.60. The van der Waals surface area contributed by atoms with Gasteiger partial charge < -0.3 is 14.5 Å². The number of hydrogen-bond donors (Lipinski definition) is 1. The molecule has 0 unspecified atom stereocenters. The fraction of sp³-hybridized carbons (Fsp3) is 0.435. The van der Waals surface area contributed by atoms with Crippen LogP contribution in [0.4, 0.5) is 5.82 Å². The quantitative estimate of drug-likeness (QED) is 0.711. The summed E-state index contributed by atoms with van der Waals surface area (Å²) in [5.74, 6) is 1.45. The van der Waals surface area contributed by atoms with Crippen molar-refractivity contribution in [2.45, 2.75) is 31.7 Å². The van der Waals surface area contributed by atoms with Crippen molar-refractivity contribution >= 4 is 22.5 Å². The summed E-state index contributed by atoms with van der Waals surface area (Å²) in [4.78, 5) is 23.8. The summed E-state index contributed by atoms with van der Waals surface area (Å²) in [6.45, 7) is 3.68. The molecule has 7 nitrogen and oxygen atoms in total. The van der Waals surface area contributed by atoms with Crippen LogP contribution < -0.4 is 5.32 Å². The van der Waals surface area contributed by atoms with E-state index >= 15 is 0 Å². The molecule has 1 aliphatic carbocycles. The van der Waals surface area contributed by atoms with Gasteiger partial charge >= 0.3 is 0 Å². The van der Waals surface area contributed by atoms with Crippen molar-refractivity contribution in [1.82, 2.24) is 14.9 Å².